The van der Waals surface area contributed by atoms with Crippen LogP contribution < -0.4 is 19.7 Å². The minimum absolute atomic E-state index is 0.0525. The number of H-pyrrole nitrogens is 1. The number of ether oxygens (including phenoxy) is 4. The van der Waals surface area contributed by atoms with E-state index < -0.39 is 0 Å². The molecule has 1 aromatic heterocycles. The molecule has 0 unspecified atom stereocenters. The lowest BCUT2D eigenvalue weighted by atomic mass is 9.83. The fourth-order valence-electron chi connectivity index (χ4n) is 5.40. The number of aromatic nitrogens is 4. The van der Waals surface area contributed by atoms with E-state index in [4.69, 9.17) is 18.9 Å². The van der Waals surface area contributed by atoms with E-state index in [0.717, 1.165) is 80.5 Å². The van der Waals surface area contributed by atoms with Crippen molar-refractivity contribution in [3.63, 3.8) is 0 Å². The normalized spacial score (nSPS) is 21.1. The van der Waals surface area contributed by atoms with Crippen LogP contribution >= 0.6 is 0 Å². The number of methoxy groups -OCH3 is 2. The van der Waals surface area contributed by atoms with Gasteiger partial charge in [-0.2, -0.15) is 0 Å². The van der Waals surface area contributed by atoms with E-state index in [1.54, 1.807) is 14.2 Å². The summed E-state index contributed by atoms with van der Waals surface area (Å²) in [4.78, 5) is 2.39. The smallest absolute Gasteiger partial charge is 0.148 e. The van der Waals surface area contributed by atoms with Gasteiger partial charge in [0.25, 0.3) is 0 Å². The molecule has 2 aliphatic rings. The number of aryl methyl sites for hydroxylation is 1. The van der Waals surface area contributed by atoms with Crippen LogP contribution in [0.3, 0.4) is 0 Å². The van der Waals surface area contributed by atoms with E-state index in [9.17, 15) is 0 Å². The van der Waals surface area contributed by atoms with Crippen molar-refractivity contribution in [2.24, 2.45) is 0 Å². The van der Waals surface area contributed by atoms with E-state index in [-0.39, 0.29) is 12.0 Å². The Hall–Kier alpha value is -3.21. The summed E-state index contributed by atoms with van der Waals surface area (Å²) in [7, 11) is 3.44. The van der Waals surface area contributed by atoms with Gasteiger partial charge in [-0.3, -0.25) is 0 Å². The first-order chi connectivity index (χ1) is 18.7. The highest BCUT2D eigenvalue weighted by atomic mass is 16.5. The number of hydrogen-bond donors (Lipinski definition) is 2. The van der Waals surface area contributed by atoms with Crippen LogP contribution in [0.1, 0.15) is 42.1 Å². The summed E-state index contributed by atoms with van der Waals surface area (Å²) in [5, 5.41) is 18.0. The van der Waals surface area contributed by atoms with Crippen molar-refractivity contribution in [1.29, 1.82) is 0 Å². The standard InChI is InChI=1S/C28H38N6O4/c1-35-14-3-12-34-13-15-37-26-10-4-20(16-25(26)34)19-38-27-18-29-22(7-11-28-30-32-33-31-28)17-24(27)21-5-8-23(36-2)9-6-21/h4-6,8-10,16,22,24,27,29H,3,7,11-15,17-19H2,1-2H3,(H,30,31,32,33)/t22-,24+,27-/m0/s1. The van der Waals surface area contributed by atoms with Crippen LogP contribution in [-0.2, 0) is 22.5 Å². The first-order valence-electron chi connectivity index (χ1n) is 13.4. The molecule has 1 fully saturated rings. The van der Waals surface area contributed by atoms with Gasteiger partial charge in [0.15, 0.2) is 0 Å². The number of nitrogens with zero attached hydrogens (tertiary/aromatic N) is 4. The molecule has 0 aliphatic carbocycles. The van der Waals surface area contributed by atoms with E-state index in [2.05, 4.69) is 61.2 Å². The molecule has 3 aromatic rings. The van der Waals surface area contributed by atoms with Gasteiger partial charge in [-0.25, -0.2) is 5.10 Å². The van der Waals surface area contributed by atoms with Crippen molar-refractivity contribution >= 4 is 5.69 Å². The quantitative estimate of drug-likeness (QED) is 0.347. The third-order valence-electron chi connectivity index (χ3n) is 7.48. The molecule has 1 saturated heterocycles. The lowest BCUT2D eigenvalue weighted by Gasteiger charge is -2.37. The van der Waals surface area contributed by atoms with Crippen molar-refractivity contribution in [3.8, 4) is 11.5 Å². The molecule has 2 aliphatic heterocycles. The predicted octanol–water partition coefficient (Wildman–Crippen LogP) is 3.11. The molecule has 38 heavy (non-hydrogen) atoms. The lowest BCUT2D eigenvalue weighted by molar-refractivity contribution is 0.00225. The highest BCUT2D eigenvalue weighted by Gasteiger charge is 2.32. The molecule has 0 bridgehead atoms. The largest absolute Gasteiger partial charge is 0.497 e. The average Bonchev–Trinajstić information content (AvgIpc) is 3.49. The average molecular weight is 523 g/mol. The molecule has 0 amide bonds. The fraction of sp³-hybridized carbons (Fsp3) is 0.536. The summed E-state index contributed by atoms with van der Waals surface area (Å²) in [6, 6.07) is 15.2. The van der Waals surface area contributed by atoms with Crippen LogP contribution in [0.2, 0.25) is 0 Å². The van der Waals surface area contributed by atoms with Gasteiger partial charge in [0.05, 0.1) is 32.1 Å². The Labute approximate surface area is 224 Å². The summed E-state index contributed by atoms with van der Waals surface area (Å²) in [6.45, 7) is 4.64. The molecule has 2 N–H and O–H groups in total. The molecule has 10 nitrogen and oxygen atoms in total. The Morgan fingerprint density at radius 3 is 2.82 bits per heavy atom. The van der Waals surface area contributed by atoms with Crippen LogP contribution in [0.4, 0.5) is 5.69 Å². The first-order valence-corrected chi connectivity index (χ1v) is 13.4. The number of piperidine rings is 1. The van der Waals surface area contributed by atoms with Crippen molar-refractivity contribution < 1.29 is 18.9 Å². The predicted molar refractivity (Wildman–Crippen MR) is 144 cm³/mol. The number of benzene rings is 2. The first kappa shape index (κ1) is 26.4. The number of hydrogen-bond acceptors (Lipinski definition) is 9. The zero-order valence-electron chi connectivity index (χ0n) is 22.3. The molecule has 3 heterocycles. The second-order valence-electron chi connectivity index (χ2n) is 9.94. The van der Waals surface area contributed by atoms with Crippen LogP contribution in [-0.4, -0.2) is 79.8 Å². The van der Waals surface area contributed by atoms with Gasteiger partial charge in [-0.1, -0.05) is 18.2 Å². The van der Waals surface area contributed by atoms with Crippen LogP contribution in [0.25, 0.3) is 0 Å². The van der Waals surface area contributed by atoms with Crippen LogP contribution in [0.15, 0.2) is 42.5 Å². The Kier molecular flexibility index (Phi) is 9.06. The molecular formula is C28H38N6O4. The third kappa shape index (κ3) is 6.61. The number of fused-ring (bicyclic) bond motifs is 1. The van der Waals surface area contributed by atoms with E-state index in [1.807, 2.05) is 12.1 Å². The second kappa shape index (κ2) is 13.0. The molecule has 0 radical (unpaired) electrons. The third-order valence-corrected chi connectivity index (χ3v) is 7.48. The number of rotatable bonds is 12. The molecular weight excluding hydrogens is 484 g/mol. The maximum atomic E-state index is 6.60. The van der Waals surface area contributed by atoms with Gasteiger partial charge in [-0.05, 0) is 65.1 Å². The topological polar surface area (TPSA) is 107 Å². The van der Waals surface area contributed by atoms with Crippen LogP contribution in [0.5, 0.6) is 11.5 Å². The van der Waals surface area contributed by atoms with Crippen LogP contribution in [0, 0.1) is 0 Å². The Morgan fingerprint density at radius 2 is 2.03 bits per heavy atom. The van der Waals surface area contributed by atoms with Gasteiger partial charge in [-0.15, -0.1) is 5.10 Å². The monoisotopic (exact) mass is 522 g/mol. The van der Waals surface area contributed by atoms with Gasteiger partial charge in [0, 0.05) is 45.2 Å². The summed E-state index contributed by atoms with van der Waals surface area (Å²) < 4.78 is 23.2. The molecule has 204 valence electrons. The molecule has 10 heteroatoms. The van der Waals surface area contributed by atoms with Gasteiger partial charge >= 0.3 is 0 Å². The summed E-state index contributed by atoms with van der Waals surface area (Å²) in [6.07, 6.45) is 3.78. The van der Waals surface area contributed by atoms with Crippen molar-refractivity contribution in [2.45, 2.75) is 50.4 Å². The Balaban J connectivity index is 1.26. The Bertz CT molecular complexity index is 1130. The van der Waals surface area contributed by atoms with E-state index >= 15 is 0 Å². The fourth-order valence-corrected chi connectivity index (χ4v) is 5.40. The van der Waals surface area contributed by atoms with Gasteiger partial charge in [0.1, 0.15) is 23.9 Å². The second-order valence-corrected chi connectivity index (χ2v) is 9.94. The SMILES string of the molecule is COCCCN1CCOc2ccc(CO[C@H]3CN[C@@H](CCc4nnn[nH]4)C[C@@H]3c3ccc(OC)cc3)cc21. The zero-order chi connectivity index (χ0) is 26.2. The van der Waals surface area contributed by atoms with Gasteiger partial charge in [0.2, 0.25) is 0 Å². The van der Waals surface area contributed by atoms with Crippen molar-refractivity contribution in [3.05, 3.63) is 59.4 Å². The Morgan fingerprint density at radius 1 is 1.13 bits per heavy atom. The maximum absolute atomic E-state index is 6.60. The minimum Gasteiger partial charge on any atom is -0.497 e. The van der Waals surface area contributed by atoms with Crippen molar-refractivity contribution in [1.82, 2.24) is 25.9 Å². The highest BCUT2D eigenvalue weighted by Crippen LogP contribution is 2.35. The highest BCUT2D eigenvalue weighted by molar-refractivity contribution is 5.61. The number of aromatic amines is 1. The summed E-state index contributed by atoms with van der Waals surface area (Å²) in [5.41, 5.74) is 3.56. The maximum Gasteiger partial charge on any atom is 0.148 e. The number of nitrogens with one attached hydrogen (secondary N) is 2. The zero-order valence-corrected chi connectivity index (χ0v) is 22.3. The molecule has 0 spiro atoms. The van der Waals surface area contributed by atoms with Crippen molar-refractivity contribution in [2.75, 3.05) is 52.0 Å². The number of tetrazole rings is 1. The van der Waals surface area contributed by atoms with Gasteiger partial charge < -0.3 is 29.2 Å². The summed E-state index contributed by atoms with van der Waals surface area (Å²) >= 11 is 0. The number of anilines is 1. The van der Waals surface area contributed by atoms with E-state index in [1.165, 1.54) is 5.56 Å². The molecule has 2 aromatic carbocycles. The molecule has 3 atom stereocenters. The summed E-state index contributed by atoms with van der Waals surface area (Å²) in [5.74, 6) is 2.89. The minimum atomic E-state index is 0.0525. The molecule has 5 rings (SSSR count). The van der Waals surface area contributed by atoms with E-state index in [0.29, 0.717) is 19.3 Å². The lowest BCUT2D eigenvalue weighted by Crippen LogP contribution is -2.47. The molecule has 0 saturated carbocycles.